The second kappa shape index (κ2) is 7.87. The van der Waals surface area contributed by atoms with Crippen molar-refractivity contribution in [3.05, 3.63) is 104 Å². The minimum absolute atomic E-state index is 0.0733. The molecule has 0 amide bonds. The van der Waals surface area contributed by atoms with Crippen LogP contribution in [0.15, 0.2) is 75.9 Å². The van der Waals surface area contributed by atoms with Crippen LogP contribution in [-0.2, 0) is 0 Å². The molecule has 0 aliphatic rings. The van der Waals surface area contributed by atoms with Crippen molar-refractivity contribution >= 4 is 22.6 Å². The molecule has 0 saturated heterocycles. The first-order valence-corrected chi connectivity index (χ1v) is 9.45. The zero-order valence-corrected chi connectivity index (χ0v) is 16.7. The number of nitro groups is 1. The van der Waals surface area contributed by atoms with Gasteiger partial charge in [0.1, 0.15) is 5.58 Å². The van der Waals surface area contributed by atoms with E-state index < -0.39 is 16.3 Å². The molecule has 0 aliphatic heterocycles. The van der Waals surface area contributed by atoms with E-state index in [1.807, 2.05) is 19.9 Å². The Morgan fingerprint density at radius 2 is 1.61 bits per heavy atom. The Morgan fingerprint density at radius 1 is 0.968 bits per heavy atom. The predicted octanol–water partition coefficient (Wildman–Crippen LogP) is 5.20. The van der Waals surface area contributed by atoms with Gasteiger partial charge in [-0.2, -0.15) is 0 Å². The van der Waals surface area contributed by atoms with Crippen molar-refractivity contribution in [2.45, 2.75) is 13.8 Å². The Bertz CT molecular complexity index is 1370. The first-order valence-electron chi connectivity index (χ1n) is 9.45. The molecule has 154 valence electrons. The zero-order valence-electron chi connectivity index (χ0n) is 16.7. The average molecular weight is 415 g/mol. The Hall–Kier alpha value is -4.26. The molecule has 0 radical (unpaired) electrons. The molecule has 31 heavy (non-hydrogen) atoms. The van der Waals surface area contributed by atoms with Gasteiger partial charge < -0.3 is 9.15 Å². The number of carbonyl (C=O) groups excluding carboxylic acids is 1. The number of fused-ring (bicyclic) bond motifs is 1. The van der Waals surface area contributed by atoms with E-state index in [0.29, 0.717) is 16.5 Å². The monoisotopic (exact) mass is 415 g/mol. The quantitative estimate of drug-likeness (QED) is 0.258. The molecule has 0 bridgehead atoms. The summed E-state index contributed by atoms with van der Waals surface area (Å²) < 4.78 is 11.5. The molecule has 1 aromatic heterocycles. The molecule has 4 aromatic rings. The molecular formula is C24H17NO6. The molecule has 7 heteroatoms. The summed E-state index contributed by atoms with van der Waals surface area (Å²) >= 11 is 0. The second-order valence-corrected chi connectivity index (χ2v) is 7.08. The van der Waals surface area contributed by atoms with E-state index in [9.17, 15) is 19.7 Å². The Morgan fingerprint density at radius 3 is 2.26 bits per heavy atom. The lowest BCUT2D eigenvalue weighted by Crippen LogP contribution is -2.16. The van der Waals surface area contributed by atoms with E-state index in [1.165, 1.54) is 24.3 Å². The lowest BCUT2D eigenvalue weighted by atomic mass is 10.0. The molecule has 0 spiro atoms. The summed E-state index contributed by atoms with van der Waals surface area (Å²) in [4.78, 5) is 36.3. The van der Waals surface area contributed by atoms with Crippen LogP contribution in [0.2, 0.25) is 0 Å². The number of aryl methyl sites for hydroxylation is 2. The number of carbonyl (C=O) groups is 1. The van der Waals surface area contributed by atoms with Crippen LogP contribution < -0.4 is 10.2 Å². The smallest absolute Gasteiger partial charge is 0.343 e. The highest BCUT2D eigenvalue weighted by molar-refractivity contribution is 5.93. The van der Waals surface area contributed by atoms with E-state index in [1.54, 1.807) is 36.4 Å². The molecular weight excluding hydrogens is 398 g/mol. The lowest BCUT2D eigenvalue weighted by molar-refractivity contribution is -0.384. The average Bonchev–Trinajstić information content (AvgIpc) is 2.77. The van der Waals surface area contributed by atoms with Crippen LogP contribution in [-0.4, -0.2) is 10.9 Å². The van der Waals surface area contributed by atoms with Gasteiger partial charge in [0, 0.05) is 17.7 Å². The van der Waals surface area contributed by atoms with Gasteiger partial charge in [0.05, 0.1) is 15.9 Å². The number of ether oxygens (including phenoxy) is 1. The molecule has 0 saturated carbocycles. The van der Waals surface area contributed by atoms with Gasteiger partial charge in [-0.15, -0.1) is 0 Å². The molecule has 0 atom stereocenters. The summed E-state index contributed by atoms with van der Waals surface area (Å²) in [6.07, 6.45) is 0. The fourth-order valence-electron chi connectivity index (χ4n) is 3.18. The number of hydrogen-bond acceptors (Lipinski definition) is 6. The van der Waals surface area contributed by atoms with Crippen LogP contribution in [0.3, 0.4) is 0 Å². The summed E-state index contributed by atoms with van der Waals surface area (Å²) in [5, 5.41) is 11.1. The van der Waals surface area contributed by atoms with Crippen LogP contribution in [0.25, 0.3) is 22.3 Å². The van der Waals surface area contributed by atoms with Crippen molar-refractivity contribution in [1.82, 2.24) is 0 Å². The molecule has 3 aromatic carbocycles. The molecule has 4 rings (SSSR count). The molecule has 0 N–H and O–H groups in total. The maximum absolute atomic E-state index is 13.3. The summed E-state index contributed by atoms with van der Waals surface area (Å²) in [5.74, 6) is -0.913. The number of non-ortho nitro benzene ring substituents is 1. The van der Waals surface area contributed by atoms with E-state index >= 15 is 0 Å². The Balaban J connectivity index is 1.86. The van der Waals surface area contributed by atoms with Gasteiger partial charge in [-0.3, -0.25) is 14.9 Å². The maximum Gasteiger partial charge on any atom is 0.343 e. The minimum atomic E-state index is -0.817. The van der Waals surface area contributed by atoms with Gasteiger partial charge in [0.2, 0.25) is 11.2 Å². The predicted molar refractivity (Wildman–Crippen MR) is 115 cm³/mol. The van der Waals surface area contributed by atoms with E-state index in [0.717, 1.165) is 11.1 Å². The molecule has 1 heterocycles. The van der Waals surface area contributed by atoms with Crippen LogP contribution in [0.5, 0.6) is 5.75 Å². The van der Waals surface area contributed by atoms with Gasteiger partial charge in [-0.25, -0.2) is 4.79 Å². The molecule has 0 fully saturated rings. The molecule has 0 unspecified atom stereocenters. The van der Waals surface area contributed by atoms with Crippen molar-refractivity contribution in [3.63, 3.8) is 0 Å². The van der Waals surface area contributed by atoms with Crippen LogP contribution in [0.4, 0.5) is 5.69 Å². The molecule has 0 aliphatic carbocycles. The maximum atomic E-state index is 13.3. The van der Waals surface area contributed by atoms with Gasteiger partial charge in [-0.05, 0) is 49.2 Å². The summed E-state index contributed by atoms with van der Waals surface area (Å²) in [7, 11) is 0. The highest BCUT2D eigenvalue weighted by Crippen LogP contribution is 2.32. The number of nitrogens with zero attached hydrogens (tertiary/aromatic N) is 1. The van der Waals surface area contributed by atoms with Gasteiger partial charge in [0.15, 0.2) is 5.76 Å². The van der Waals surface area contributed by atoms with E-state index in [2.05, 4.69) is 0 Å². The number of esters is 1. The first-order chi connectivity index (χ1) is 14.8. The van der Waals surface area contributed by atoms with Crippen molar-refractivity contribution in [1.29, 1.82) is 0 Å². The third-order valence-electron chi connectivity index (χ3n) is 5.01. The summed E-state index contributed by atoms with van der Waals surface area (Å²) in [6, 6.07) is 17.3. The van der Waals surface area contributed by atoms with Crippen LogP contribution in [0.1, 0.15) is 21.5 Å². The zero-order chi connectivity index (χ0) is 22.1. The third-order valence-corrected chi connectivity index (χ3v) is 5.01. The number of benzene rings is 3. The fraction of sp³-hybridized carbons (Fsp3) is 0.0833. The van der Waals surface area contributed by atoms with E-state index in [4.69, 9.17) is 9.15 Å². The Kier molecular flexibility index (Phi) is 5.09. The fourth-order valence-corrected chi connectivity index (χ4v) is 3.18. The molecule has 7 nitrogen and oxygen atoms in total. The van der Waals surface area contributed by atoms with Gasteiger partial charge in [-0.1, -0.05) is 30.3 Å². The van der Waals surface area contributed by atoms with Crippen LogP contribution in [0, 0.1) is 24.0 Å². The first kappa shape index (κ1) is 20.0. The highest BCUT2D eigenvalue weighted by Gasteiger charge is 2.22. The third kappa shape index (κ3) is 3.81. The lowest BCUT2D eigenvalue weighted by Gasteiger charge is -2.12. The standard InChI is InChI=1S/C24H17NO6/c1-14-12-19-20(13-15(14)2)30-22(16-6-4-3-5-7-16)23(21(19)26)31-24(27)17-8-10-18(11-9-17)25(28)29/h3-13H,1-2H3. The van der Waals surface area contributed by atoms with Crippen molar-refractivity contribution in [2.24, 2.45) is 0 Å². The number of nitro benzene ring substituents is 1. The summed E-state index contributed by atoms with van der Waals surface area (Å²) in [6.45, 7) is 3.79. The highest BCUT2D eigenvalue weighted by atomic mass is 16.6. The topological polar surface area (TPSA) is 99.7 Å². The number of hydrogen-bond donors (Lipinski definition) is 0. The van der Waals surface area contributed by atoms with Crippen molar-refractivity contribution in [3.8, 4) is 17.1 Å². The SMILES string of the molecule is Cc1cc2oc(-c3ccccc3)c(OC(=O)c3ccc([N+](=O)[O-])cc3)c(=O)c2cc1C. The summed E-state index contributed by atoms with van der Waals surface area (Å²) in [5.41, 5.74) is 2.28. The minimum Gasteiger partial charge on any atom is -0.452 e. The second-order valence-electron chi connectivity index (χ2n) is 7.08. The normalized spacial score (nSPS) is 10.8. The number of rotatable bonds is 4. The van der Waals surface area contributed by atoms with E-state index in [-0.39, 0.29) is 22.8 Å². The largest absolute Gasteiger partial charge is 0.452 e. The van der Waals surface area contributed by atoms with Crippen molar-refractivity contribution in [2.75, 3.05) is 0 Å². The Labute approximate surface area is 176 Å². The van der Waals surface area contributed by atoms with Crippen molar-refractivity contribution < 1.29 is 18.9 Å². The van der Waals surface area contributed by atoms with Gasteiger partial charge in [0.25, 0.3) is 5.69 Å². The van der Waals surface area contributed by atoms with Gasteiger partial charge >= 0.3 is 5.97 Å². The van der Waals surface area contributed by atoms with Crippen LogP contribution >= 0.6 is 0 Å².